The number of halogens is 2. The molecule has 0 N–H and O–H groups in total. The van der Waals surface area contributed by atoms with E-state index in [0.717, 1.165) is 10.2 Å². The fourth-order valence-electron chi connectivity index (χ4n) is 1.83. The molecule has 0 aliphatic heterocycles. The second-order valence-electron chi connectivity index (χ2n) is 4.17. The van der Waals surface area contributed by atoms with E-state index in [-0.39, 0.29) is 0 Å². The monoisotopic (exact) mass is 331 g/mol. The van der Waals surface area contributed by atoms with E-state index in [1.807, 2.05) is 24.3 Å². The third-order valence-corrected chi connectivity index (χ3v) is 4.50. The second kappa shape index (κ2) is 5.82. The zero-order chi connectivity index (χ0) is 14.8. The van der Waals surface area contributed by atoms with Gasteiger partial charge in [0.15, 0.2) is 0 Å². The van der Waals surface area contributed by atoms with Crippen LogP contribution in [0.4, 0.5) is 0 Å². The number of fused-ring (bicyclic) bond motifs is 1. The van der Waals surface area contributed by atoms with Crippen LogP contribution in [0.3, 0.4) is 0 Å². The van der Waals surface area contributed by atoms with E-state index in [0.29, 0.717) is 26.2 Å². The highest BCUT2D eigenvalue weighted by atomic mass is 35.5. The molecule has 3 nitrogen and oxygen atoms in total. The molecule has 2 heterocycles. The number of hydrogen-bond donors (Lipinski definition) is 0. The van der Waals surface area contributed by atoms with Crippen molar-refractivity contribution in [2.75, 3.05) is 0 Å². The first-order chi connectivity index (χ1) is 10.2. The van der Waals surface area contributed by atoms with Gasteiger partial charge in [0.25, 0.3) is 0 Å². The van der Waals surface area contributed by atoms with E-state index in [1.165, 1.54) is 23.7 Å². The van der Waals surface area contributed by atoms with Crippen LogP contribution in [0, 0.1) is 11.3 Å². The highest BCUT2D eigenvalue weighted by molar-refractivity contribution is 7.19. The molecule has 0 radical (unpaired) electrons. The van der Waals surface area contributed by atoms with Crippen molar-refractivity contribution in [2.45, 2.75) is 0 Å². The van der Waals surface area contributed by atoms with Gasteiger partial charge in [-0.2, -0.15) is 5.26 Å². The second-order valence-corrected chi connectivity index (χ2v) is 6.02. The molecular formula is C15H7Cl2N3S. The van der Waals surface area contributed by atoms with Crippen LogP contribution in [0.5, 0.6) is 0 Å². The molecule has 102 valence electrons. The summed E-state index contributed by atoms with van der Waals surface area (Å²) in [7, 11) is 0. The highest BCUT2D eigenvalue weighted by Crippen LogP contribution is 2.31. The summed E-state index contributed by atoms with van der Waals surface area (Å²) >= 11 is 13.6. The van der Waals surface area contributed by atoms with Gasteiger partial charge >= 0.3 is 0 Å². The Labute approximate surface area is 135 Å². The van der Waals surface area contributed by atoms with Crippen LogP contribution in [0.25, 0.3) is 21.9 Å². The quantitative estimate of drug-likeness (QED) is 0.616. The van der Waals surface area contributed by atoms with Gasteiger partial charge in [-0.25, -0.2) is 4.98 Å². The van der Waals surface area contributed by atoms with Crippen molar-refractivity contribution in [3.8, 4) is 6.07 Å². The maximum absolute atomic E-state index is 9.39. The van der Waals surface area contributed by atoms with Gasteiger partial charge in [-0.1, -0.05) is 35.3 Å². The number of aromatic nitrogens is 2. The Balaban J connectivity index is 2.14. The van der Waals surface area contributed by atoms with Crippen molar-refractivity contribution in [2.24, 2.45) is 0 Å². The maximum Gasteiger partial charge on any atom is 0.135 e. The summed E-state index contributed by atoms with van der Waals surface area (Å²) in [6.45, 7) is 0. The number of rotatable bonds is 2. The van der Waals surface area contributed by atoms with Gasteiger partial charge in [0, 0.05) is 18.0 Å². The lowest BCUT2D eigenvalue weighted by molar-refractivity contribution is 1.32. The lowest BCUT2D eigenvalue weighted by Gasteiger charge is -2.01. The van der Waals surface area contributed by atoms with Crippen LogP contribution in [-0.4, -0.2) is 9.97 Å². The number of hydrogen-bond acceptors (Lipinski definition) is 4. The van der Waals surface area contributed by atoms with Gasteiger partial charge in [0.05, 0.1) is 25.8 Å². The third kappa shape index (κ3) is 2.77. The number of pyridine rings is 1. The van der Waals surface area contributed by atoms with Crippen LogP contribution in [0.15, 0.2) is 36.7 Å². The number of nitriles is 1. The lowest BCUT2D eigenvalue weighted by atomic mass is 10.2. The summed E-state index contributed by atoms with van der Waals surface area (Å²) < 4.78 is 1.03. The molecule has 0 bridgehead atoms. The Kier molecular flexibility index (Phi) is 3.89. The molecule has 1 aromatic carbocycles. The SMILES string of the molecule is N#C/C(=C\c1c(Cl)cncc1Cl)c1nc2ccccc2s1. The molecule has 0 fully saturated rings. The summed E-state index contributed by atoms with van der Waals surface area (Å²) in [5.41, 5.74) is 1.86. The molecule has 6 heteroatoms. The first-order valence-corrected chi connectivity index (χ1v) is 7.53. The van der Waals surface area contributed by atoms with E-state index >= 15 is 0 Å². The lowest BCUT2D eigenvalue weighted by Crippen LogP contribution is -1.84. The van der Waals surface area contributed by atoms with Crippen LogP contribution in [-0.2, 0) is 0 Å². The molecule has 3 aromatic rings. The van der Waals surface area contributed by atoms with Gasteiger partial charge in [0.1, 0.15) is 11.1 Å². The van der Waals surface area contributed by atoms with Crippen LogP contribution in [0.1, 0.15) is 10.6 Å². The normalized spacial score (nSPS) is 11.6. The molecule has 0 amide bonds. The summed E-state index contributed by atoms with van der Waals surface area (Å²) in [4.78, 5) is 8.36. The van der Waals surface area contributed by atoms with Crippen LogP contribution in [0.2, 0.25) is 10.0 Å². The van der Waals surface area contributed by atoms with Gasteiger partial charge < -0.3 is 0 Å². The maximum atomic E-state index is 9.39. The first kappa shape index (κ1) is 14.0. The molecule has 0 saturated carbocycles. The van der Waals surface area contributed by atoms with Gasteiger partial charge in [-0.05, 0) is 18.2 Å². The molecule has 0 unspecified atom stereocenters. The van der Waals surface area contributed by atoms with E-state index in [9.17, 15) is 5.26 Å². The van der Waals surface area contributed by atoms with Crippen molar-refractivity contribution >= 4 is 56.4 Å². The van der Waals surface area contributed by atoms with Gasteiger partial charge in [-0.3, -0.25) is 4.98 Å². The van der Waals surface area contributed by atoms with Crippen LogP contribution < -0.4 is 0 Å². The predicted octanol–water partition coefficient (Wildman–Crippen LogP) is 5.06. The standard InChI is InChI=1S/C15H7Cl2N3S/c16-11-7-19-8-12(17)10(11)5-9(6-18)15-20-13-3-1-2-4-14(13)21-15/h1-5,7-8H/b9-5+. The van der Waals surface area contributed by atoms with Crippen molar-refractivity contribution in [3.05, 3.63) is 57.3 Å². The third-order valence-electron chi connectivity index (χ3n) is 2.82. The predicted molar refractivity (Wildman–Crippen MR) is 87.4 cm³/mol. The zero-order valence-electron chi connectivity index (χ0n) is 10.5. The van der Waals surface area contributed by atoms with Crippen molar-refractivity contribution < 1.29 is 0 Å². The Hall–Kier alpha value is -1.93. The van der Waals surface area contributed by atoms with Gasteiger partial charge in [-0.15, -0.1) is 11.3 Å². The van der Waals surface area contributed by atoms with E-state index < -0.39 is 0 Å². The molecule has 0 aliphatic rings. The Morgan fingerprint density at radius 1 is 1.19 bits per heavy atom. The van der Waals surface area contributed by atoms with E-state index in [1.54, 1.807) is 6.08 Å². The van der Waals surface area contributed by atoms with E-state index in [2.05, 4.69) is 16.0 Å². The van der Waals surface area contributed by atoms with Crippen LogP contribution >= 0.6 is 34.5 Å². The Bertz CT molecular complexity index is 840. The number of thiazole rings is 1. The molecule has 0 saturated heterocycles. The minimum atomic E-state index is 0.399. The fraction of sp³-hybridized carbons (Fsp3) is 0. The number of nitrogens with zero attached hydrogens (tertiary/aromatic N) is 3. The number of para-hydroxylation sites is 1. The molecule has 0 atom stereocenters. The Morgan fingerprint density at radius 3 is 2.57 bits per heavy atom. The zero-order valence-corrected chi connectivity index (χ0v) is 12.9. The molecular weight excluding hydrogens is 325 g/mol. The van der Waals surface area contributed by atoms with Crippen molar-refractivity contribution in [1.29, 1.82) is 5.26 Å². The fourth-order valence-corrected chi connectivity index (χ4v) is 3.24. The molecule has 0 aliphatic carbocycles. The molecule has 3 rings (SSSR count). The van der Waals surface area contributed by atoms with Crippen molar-refractivity contribution in [3.63, 3.8) is 0 Å². The van der Waals surface area contributed by atoms with Crippen molar-refractivity contribution in [1.82, 2.24) is 9.97 Å². The number of allylic oxidation sites excluding steroid dienone is 1. The molecule has 2 aromatic heterocycles. The summed E-state index contributed by atoms with van der Waals surface area (Å²) in [5.74, 6) is 0. The number of benzene rings is 1. The Morgan fingerprint density at radius 2 is 1.90 bits per heavy atom. The van der Waals surface area contributed by atoms with E-state index in [4.69, 9.17) is 23.2 Å². The molecule has 0 spiro atoms. The topological polar surface area (TPSA) is 49.6 Å². The minimum Gasteiger partial charge on any atom is -0.262 e. The minimum absolute atomic E-state index is 0.399. The highest BCUT2D eigenvalue weighted by Gasteiger charge is 2.11. The summed E-state index contributed by atoms with van der Waals surface area (Å²) in [6, 6.07) is 9.89. The summed E-state index contributed by atoms with van der Waals surface area (Å²) in [5, 5.41) is 10.8. The first-order valence-electron chi connectivity index (χ1n) is 5.96. The molecule has 21 heavy (non-hydrogen) atoms. The average molecular weight is 332 g/mol. The van der Waals surface area contributed by atoms with Gasteiger partial charge in [0.2, 0.25) is 0 Å². The summed E-state index contributed by atoms with van der Waals surface area (Å²) in [6.07, 6.45) is 4.63. The average Bonchev–Trinajstić information content (AvgIpc) is 2.90. The smallest absolute Gasteiger partial charge is 0.135 e. The largest absolute Gasteiger partial charge is 0.262 e.